The number of primary amides is 1. The van der Waals surface area contributed by atoms with Gasteiger partial charge in [-0.2, -0.15) is 5.26 Å². The summed E-state index contributed by atoms with van der Waals surface area (Å²) in [5.41, 5.74) is 11.7. The van der Waals surface area contributed by atoms with Gasteiger partial charge in [-0.3, -0.25) is 4.79 Å². The number of rotatable bonds is 4. The van der Waals surface area contributed by atoms with E-state index in [2.05, 4.69) is 6.07 Å². The minimum atomic E-state index is -0.570. The minimum Gasteiger partial charge on any atom is -0.396 e. The molecule has 5 nitrogen and oxygen atoms in total. The van der Waals surface area contributed by atoms with Crippen molar-refractivity contribution < 1.29 is 4.79 Å². The van der Waals surface area contributed by atoms with E-state index in [9.17, 15) is 10.1 Å². The van der Waals surface area contributed by atoms with Gasteiger partial charge in [0, 0.05) is 13.6 Å². The third kappa shape index (κ3) is 2.66. The zero-order valence-electron chi connectivity index (χ0n) is 11.0. The molecule has 0 aliphatic heterocycles. The van der Waals surface area contributed by atoms with Crippen molar-refractivity contribution in [2.24, 2.45) is 11.7 Å². The smallest absolute Gasteiger partial charge is 0.261 e. The quantitative estimate of drug-likeness (QED) is 0.879. The summed E-state index contributed by atoms with van der Waals surface area (Å²) in [5, 5.41) is 9.95. The van der Waals surface area contributed by atoms with E-state index in [0.29, 0.717) is 11.5 Å². The molecule has 2 rings (SSSR count). The monoisotopic (exact) mass is 278 g/mol. The maximum atomic E-state index is 11.3. The first-order chi connectivity index (χ1) is 9.04. The van der Waals surface area contributed by atoms with Crippen LogP contribution in [0.1, 0.15) is 40.9 Å². The fourth-order valence-electron chi connectivity index (χ4n) is 2.65. The molecule has 1 heterocycles. The Bertz CT molecular complexity index is 525. The van der Waals surface area contributed by atoms with Gasteiger partial charge in [0.1, 0.15) is 21.5 Å². The number of nitrogens with zero attached hydrogens (tertiary/aromatic N) is 2. The molecule has 102 valence electrons. The van der Waals surface area contributed by atoms with E-state index in [1.807, 2.05) is 11.9 Å². The van der Waals surface area contributed by atoms with Crippen LogP contribution in [0, 0.1) is 17.2 Å². The first kappa shape index (κ1) is 13.7. The molecule has 19 heavy (non-hydrogen) atoms. The summed E-state index contributed by atoms with van der Waals surface area (Å²) in [6.07, 6.45) is 5.02. The van der Waals surface area contributed by atoms with E-state index in [1.54, 1.807) is 0 Å². The molecule has 0 bridgehead atoms. The number of amides is 1. The molecule has 0 atom stereocenters. The van der Waals surface area contributed by atoms with Crippen molar-refractivity contribution >= 4 is 27.9 Å². The minimum absolute atomic E-state index is 0.216. The lowest BCUT2D eigenvalue weighted by Gasteiger charge is -2.21. The predicted octanol–water partition coefficient (Wildman–Crippen LogP) is 1.93. The van der Waals surface area contributed by atoms with E-state index in [4.69, 9.17) is 11.5 Å². The van der Waals surface area contributed by atoms with Crippen molar-refractivity contribution in [3.63, 3.8) is 0 Å². The molecule has 1 aliphatic carbocycles. The summed E-state index contributed by atoms with van der Waals surface area (Å²) in [5.74, 6) is 0.0939. The van der Waals surface area contributed by atoms with Gasteiger partial charge in [-0.15, -0.1) is 11.3 Å². The average Bonchev–Trinajstić information content (AvgIpc) is 2.96. The summed E-state index contributed by atoms with van der Waals surface area (Å²) in [4.78, 5) is 13.6. The molecule has 0 radical (unpaired) electrons. The van der Waals surface area contributed by atoms with Gasteiger partial charge in [0.15, 0.2) is 0 Å². The van der Waals surface area contributed by atoms with Gasteiger partial charge < -0.3 is 16.4 Å². The third-order valence-electron chi connectivity index (χ3n) is 3.62. The SMILES string of the molecule is CN(CC1CCCC1)c1sc(C(N)=O)c(N)c1C#N. The van der Waals surface area contributed by atoms with Crippen LogP contribution in [0.25, 0.3) is 0 Å². The fourth-order valence-corrected chi connectivity index (χ4v) is 3.65. The van der Waals surface area contributed by atoms with Gasteiger partial charge in [0.25, 0.3) is 5.91 Å². The summed E-state index contributed by atoms with van der Waals surface area (Å²) >= 11 is 1.21. The summed E-state index contributed by atoms with van der Waals surface area (Å²) in [6, 6.07) is 2.08. The van der Waals surface area contributed by atoms with Gasteiger partial charge >= 0.3 is 0 Å². The molecule has 1 aromatic heterocycles. The summed E-state index contributed by atoms with van der Waals surface area (Å²) in [6.45, 7) is 0.896. The number of carbonyl (C=O) groups excluding carboxylic acids is 1. The molecular weight excluding hydrogens is 260 g/mol. The average molecular weight is 278 g/mol. The molecule has 0 spiro atoms. The Labute approximate surface area is 116 Å². The van der Waals surface area contributed by atoms with Crippen molar-refractivity contribution in [1.82, 2.24) is 0 Å². The van der Waals surface area contributed by atoms with Crippen LogP contribution in [-0.2, 0) is 0 Å². The number of thiophene rings is 1. The third-order valence-corrected chi connectivity index (χ3v) is 4.95. The molecule has 1 aromatic rings. The second kappa shape index (κ2) is 5.49. The maximum absolute atomic E-state index is 11.3. The van der Waals surface area contributed by atoms with E-state index in [1.165, 1.54) is 37.0 Å². The van der Waals surface area contributed by atoms with Crippen LogP contribution in [0.15, 0.2) is 0 Å². The van der Waals surface area contributed by atoms with Gasteiger partial charge in [0.05, 0.1) is 5.69 Å². The van der Waals surface area contributed by atoms with Gasteiger partial charge in [-0.25, -0.2) is 0 Å². The first-order valence-electron chi connectivity index (χ1n) is 6.38. The lowest BCUT2D eigenvalue weighted by atomic mass is 10.1. The van der Waals surface area contributed by atoms with Crippen molar-refractivity contribution in [3.8, 4) is 6.07 Å². The Morgan fingerprint density at radius 2 is 2.16 bits per heavy atom. The van der Waals surface area contributed by atoms with Crippen molar-refractivity contribution in [3.05, 3.63) is 10.4 Å². The molecule has 0 aromatic carbocycles. The number of nitriles is 1. The number of hydrogen-bond acceptors (Lipinski definition) is 5. The molecule has 1 amide bonds. The first-order valence-corrected chi connectivity index (χ1v) is 7.19. The number of nitrogen functional groups attached to an aromatic ring is 1. The molecular formula is C13H18N4OS. The lowest BCUT2D eigenvalue weighted by molar-refractivity contribution is 0.100. The van der Waals surface area contributed by atoms with Crippen LogP contribution >= 0.6 is 11.3 Å². The van der Waals surface area contributed by atoms with Crippen LogP contribution in [0.2, 0.25) is 0 Å². The Morgan fingerprint density at radius 1 is 1.53 bits per heavy atom. The zero-order valence-corrected chi connectivity index (χ0v) is 11.8. The highest BCUT2D eigenvalue weighted by Gasteiger charge is 2.24. The molecule has 1 aliphatic rings. The number of nitrogens with two attached hydrogens (primary N) is 2. The van der Waals surface area contributed by atoms with E-state index in [0.717, 1.165) is 11.5 Å². The topological polar surface area (TPSA) is 96.1 Å². The highest BCUT2D eigenvalue weighted by Crippen LogP contribution is 2.38. The normalized spacial score (nSPS) is 15.4. The highest BCUT2D eigenvalue weighted by molar-refractivity contribution is 7.19. The predicted molar refractivity (Wildman–Crippen MR) is 77.2 cm³/mol. The highest BCUT2D eigenvalue weighted by atomic mass is 32.1. The van der Waals surface area contributed by atoms with Crippen LogP contribution < -0.4 is 16.4 Å². The Hall–Kier alpha value is -1.74. The second-order valence-electron chi connectivity index (χ2n) is 5.03. The summed E-state index contributed by atoms with van der Waals surface area (Å²) in [7, 11) is 1.94. The summed E-state index contributed by atoms with van der Waals surface area (Å²) < 4.78 is 0. The van der Waals surface area contributed by atoms with E-state index < -0.39 is 5.91 Å². The number of hydrogen-bond donors (Lipinski definition) is 2. The van der Waals surface area contributed by atoms with E-state index in [-0.39, 0.29) is 10.6 Å². The van der Waals surface area contributed by atoms with Crippen molar-refractivity contribution in [2.45, 2.75) is 25.7 Å². The van der Waals surface area contributed by atoms with Crippen LogP contribution in [0.4, 0.5) is 10.7 Å². The van der Waals surface area contributed by atoms with Crippen LogP contribution in [0.5, 0.6) is 0 Å². The van der Waals surface area contributed by atoms with E-state index >= 15 is 0 Å². The zero-order chi connectivity index (χ0) is 14.0. The van der Waals surface area contributed by atoms with Crippen molar-refractivity contribution in [1.29, 1.82) is 5.26 Å². The molecule has 1 saturated carbocycles. The van der Waals surface area contributed by atoms with Gasteiger partial charge in [-0.1, -0.05) is 12.8 Å². The fraction of sp³-hybridized carbons (Fsp3) is 0.538. The molecule has 6 heteroatoms. The lowest BCUT2D eigenvalue weighted by Crippen LogP contribution is -2.23. The van der Waals surface area contributed by atoms with Crippen LogP contribution in [-0.4, -0.2) is 19.5 Å². The maximum Gasteiger partial charge on any atom is 0.261 e. The number of carbonyl (C=O) groups is 1. The second-order valence-corrected chi connectivity index (χ2v) is 6.03. The van der Waals surface area contributed by atoms with Gasteiger partial charge in [0.2, 0.25) is 0 Å². The van der Waals surface area contributed by atoms with Crippen LogP contribution in [0.3, 0.4) is 0 Å². The Balaban J connectivity index is 2.25. The standard InChI is InChI=1S/C13H18N4OS/c1-17(7-8-4-2-3-5-8)13-9(6-14)10(15)11(19-13)12(16)18/h8H,2-5,7,15H2,1H3,(H2,16,18). The molecule has 0 unspecified atom stereocenters. The van der Waals surface area contributed by atoms with Crippen molar-refractivity contribution in [2.75, 3.05) is 24.2 Å². The molecule has 4 N–H and O–H groups in total. The molecule has 0 saturated heterocycles. The molecule has 1 fully saturated rings. The number of anilines is 2. The largest absolute Gasteiger partial charge is 0.396 e. The Kier molecular flexibility index (Phi) is 3.96. The Morgan fingerprint density at radius 3 is 2.68 bits per heavy atom. The van der Waals surface area contributed by atoms with Gasteiger partial charge in [-0.05, 0) is 18.8 Å².